The molecule has 1 aromatic rings. The third-order valence-electron chi connectivity index (χ3n) is 8.67. The van der Waals surface area contributed by atoms with E-state index in [1.165, 1.54) is 6.42 Å². The van der Waals surface area contributed by atoms with Crippen LogP contribution in [0.15, 0.2) is 24.3 Å². The fourth-order valence-electron chi connectivity index (χ4n) is 6.24. The van der Waals surface area contributed by atoms with Crippen LogP contribution in [0.3, 0.4) is 0 Å². The van der Waals surface area contributed by atoms with Crippen molar-refractivity contribution in [1.29, 1.82) is 0 Å². The summed E-state index contributed by atoms with van der Waals surface area (Å²) >= 11 is 0. The van der Waals surface area contributed by atoms with Crippen LogP contribution in [-0.2, 0) is 9.59 Å². The molecule has 2 saturated heterocycles. The van der Waals surface area contributed by atoms with E-state index in [9.17, 15) is 19.5 Å². The highest BCUT2D eigenvalue weighted by molar-refractivity contribution is 6.00. The number of piperazine rings is 1. The Morgan fingerprint density at radius 1 is 1.13 bits per heavy atom. The minimum atomic E-state index is -0.845. The Labute approximate surface area is 226 Å². The van der Waals surface area contributed by atoms with Gasteiger partial charge in [0.25, 0.3) is 5.91 Å². The van der Waals surface area contributed by atoms with Crippen LogP contribution >= 0.6 is 0 Å². The van der Waals surface area contributed by atoms with E-state index in [2.05, 4.69) is 22.5 Å². The standard InChI is InChI=1S/C29H44N4O5/c1-3-4-16-33-27(36)24(25(34)21-8-6-5-7-9-21)31-28(37)29(33)14-17-32(18-15-29)19-20-38-23-12-10-22(11-13-23)26(35)30-2/h10-13,21,24-25,34H,3-9,14-20H2,1-2H3,(H,30,35)(H,31,37)/t24-,25-/m1/s1. The average Bonchev–Trinajstić information content (AvgIpc) is 2.96. The molecule has 1 saturated carbocycles. The highest BCUT2D eigenvalue weighted by Crippen LogP contribution is 2.36. The lowest BCUT2D eigenvalue weighted by Gasteiger charge is -2.52. The third kappa shape index (κ3) is 6.15. The zero-order valence-corrected chi connectivity index (χ0v) is 22.9. The van der Waals surface area contributed by atoms with Gasteiger partial charge in [0.05, 0.1) is 6.10 Å². The topological polar surface area (TPSA) is 111 Å². The number of hydrogen-bond acceptors (Lipinski definition) is 6. The lowest BCUT2D eigenvalue weighted by atomic mass is 9.78. The number of aliphatic hydroxyl groups excluding tert-OH is 1. The lowest BCUT2D eigenvalue weighted by molar-refractivity contribution is -0.166. The first-order valence-corrected chi connectivity index (χ1v) is 14.4. The van der Waals surface area contributed by atoms with Gasteiger partial charge in [-0.3, -0.25) is 19.3 Å². The van der Waals surface area contributed by atoms with E-state index in [0.717, 1.165) is 38.5 Å². The van der Waals surface area contributed by atoms with Gasteiger partial charge in [-0.2, -0.15) is 0 Å². The van der Waals surface area contributed by atoms with Gasteiger partial charge in [-0.25, -0.2) is 0 Å². The number of nitrogens with zero attached hydrogens (tertiary/aromatic N) is 2. The number of unbranched alkanes of at least 4 members (excludes halogenated alkanes) is 1. The quantitative estimate of drug-likeness (QED) is 0.430. The number of hydrogen-bond donors (Lipinski definition) is 3. The average molecular weight is 529 g/mol. The Bertz CT molecular complexity index is 954. The van der Waals surface area contributed by atoms with E-state index >= 15 is 0 Å². The molecule has 2 heterocycles. The molecule has 3 aliphatic rings. The van der Waals surface area contributed by atoms with Crippen molar-refractivity contribution in [3.8, 4) is 5.75 Å². The number of carbonyl (C=O) groups excluding carboxylic acids is 3. The van der Waals surface area contributed by atoms with Gasteiger partial charge in [0.15, 0.2) is 0 Å². The Morgan fingerprint density at radius 3 is 2.45 bits per heavy atom. The Hall–Kier alpha value is -2.65. The SMILES string of the molecule is CCCCN1C(=O)[C@@H]([C@H](O)C2CCCCC2)NC(=O)C12CCN(CCOc1ccc(C(=O)NC)cc1)CC2. The van der Waals surface area contributed by atoms with Crippen molar-refractivity contribution in [2.24, 2.45) is 5.92 Å². The monoisotopic (exact) mass is 528 g/mol. The maximum Gasteiger partial charge on any atom is 0.251 e. The summed E-state index contributed by atoms with van der Waals surface area (Å²) in [7, 11) is 1.60. The zero-order chi connectivity index (χ0) is 27.1. The smallest absolute Gasteiger partial charge is 0.251 e. The number of rotatable bonds is 10. The molecule has 9 heteroatoms. The van der Waals surface area contributed by atoms with Crippen molar-refractivity contribution in [2.45, 2.75) is 82.4 Å². The largest absolute Gasteiger partial charge is 0.492 e. The first-order chi connectivity index (χ1) is 18.4. The minimum absolute atomic E-state index is 0.0712. The minimum Gasteiger partial charge on any atom is -0.492 e. The van der Waals surface area contributed by atoms with Crippen LogP contribution in [0.5, 0.6) is 5.75 Å². The normalized spacial score (nSPS) is 23.2. The molecule has 0 bridgehead atoms. The number of likely N-dealkylation sites (tertiary alicyclic amines) is 1. The van der Waals surface area contributed by atoms with Gasteiger partial charge in [0.1, 0.15) is 23.9 Å². The maximum absolute atomic E-state index is 13.7. The first-order valence-electron chi connectivity index (χ1n) is 14.4. The second kappa shape index (κ2) is 12.9. The number of aliphatic hydroxyl groups is 1. The highest BCUT2D eigenvalue weighted by Gasteiger charge is 2.55. The van der Waals surface area contributed by atoms with Crippen molar-refractivity contribution >= 4 is 17.7 Å². The van der Waals surface area contributed by atoms with Gasteiger partial charge in [0, 0.05) is 38.8 Å². The molecule has 3 N–H and O–H groups in total. The highest BCUT2D eigenvalue weighted by atomic mass is 16.5. The van der Waals surface area contributed by atoms with E-state index in [0.29, 0.717) is 56.9 Å². The molecule has 38 heavy (non-hydrogen) atoms. The Balaban J connectivity index is 1.34. The van der Waals surface area contributed by atoms with Crippen LogP contribution in [0.1, 0.15) is 75.1 Å². The zero-order valence-electron chi connectivity index (χ0n) is 22.9. The molecule has 0 unspecified atom stereocenters. The summed E-state index contributed by atoms with van der Waals surface area (Å²) in [6, 6.07) is 6.21. The molecule has 9 nitrogen and oxygen atoms in total. The predicted octanol–water partition coefficient (Wildman–Crippen LogP) is 2.33. The fourth-order valence-corrected chi connectivity index (χ4v) is 6.24. The van der Waals surface area contributed by atoms with Crippen molar-refractivity contribution < 1.29 is 24.2 Å². The van der Waals surface area contributed by atoms with Crippen LogP contribution in [0, 0.1) is 5.92 Å². The van der Waals surface area contributed by atoms with Gasteiger partial charge in [0.2, 0.25) is 11.8 Å². The van der Waals surface area contributed by atoms with Gasteiger partial charge in [-0.05, 0) is 62.3 Å². The molecule has 3 amide bonds. The summed E-state index contributed by atoms with van der Waals surface area (Å²) in [5.41, 5.74) is -0.259. The van der Waals surface area contributed by atoms with Crippen LogP contribution in [-0.4, -0.2) is 90.1 Å². The number of benzene rings is 1. The molecule has 2 aliphatic heterocycles. The lowest BCUT2D eigenvalue weighted by Crippen LogP contribution is -2.75. The summed E-state index contributed by atoms with van der Waals surface area (Å²) < 4.78 is 5.88. The van der Waals surface area contributed by atoms with Gasteiger partial charge in [-0.15, -0.1) is 0 Å². The number of carbonyl (C=O) groups is 3. The van der Waals surface area contributed by atoms with E-state index in [1.807, 2.05) is 4.90 Å². The maximum atomic E-state index is 13.7. The second-order valence-electron chi connectivity index (χ2n) is 11.0. The molecule has 1 spiro atoms. The fraction of sp³-hybridized carbons (Fsp3) is 0.690. The van der Waals surface area contributed by atoms with E-state index in [4.69, 9.17) is 4.74 Å². The van der Waals surface area contributed by atoms with Gasteiger partial charge >= 0.3 is 0 Å². The molecule has 4 rings (SSSR count). The van der Waals surface area contributed by atoms with E-state index in [-0.39, 0.29) is 23.6 Å². The summed E-state index contributed by atoms with van der Waals surface area (Å²) in [6.07, 6.45) is 7.23. The van der Waals surface area contributed by atoms with Crippen LogP contribution in [0.4, 0.5) is 0 Å². The molecule has 1 aliphatic carbocycles. The van der Waals surface area contributed by atoms with E-state index < -0.39 is 17.7 Å². The molecule has 0 aromatic heterocycles. The van der Waals surface area contributed by atoms with Crippen molar-refractivity contribution in [3.63, 3.8) is 0 Å². The van der Waals surface area contributed by atoms with Crippen LogP contribution in [0.25, 0.3) is 0 Å². The number of amides is 3. The summed E-state index contributed by atoms with van der Waals surface area (Å²) in [6.45, 7) is 5.22. The molecular formula is C29H44N4O5. The van der Waals surface area contributed by atoms with Gasteiger partial charge in [-0.1, -0.05) is 32.6 Å². The summed E-state index contributed by atoms with van der Waals surface area (Å²) in [5, 5.41) is 16.7. The summed E-state index contributed by atoms with van der Waals surface area (Å²) in [5.74, 6) is 0.415. The van der Waals surface area contributed by atoms with Crippen LogP contribution < -0.4 is 15.4 Å². The molecule has 3 fully saturated rings. The molecule has 2 atom stereocenters. The van der Waals surface area contributed by atoms with Gasteiger partial charge < -0.3 is 25.4 Å². The van der Waals surface area contributed by atoms with Crippen molar-refractivity contribution in [1.82, 2.24) is 20.4 Å². The summed E-state index contributed by atoms with van der Waals surface area (Å²) in [4.78, 5) is 43.1. The van der Waals surface area contributed by atoms with Crippen LogP contribution in [0.2, 0.25) is 0 Å². The first kappa shape index (κ1) is 28.4. The number of nitrogens with one attached hydrogen (secondary N) is 2. The molecule has 1 aromatic carbocycles. The van der Waals surface area contributed by atoms with Crippen molar-refractivity contribution in [2.75, 3.05) is 39.8 Å². The van der Waals surface area contributed by atoms with Crippen molar-refractivity contribution in [3.05, 3.63) is 29.8 Å². The predicted molar refractivity (Wildman–Crippen MR) is 145 cm³/mol. The number of ether oxygens (including phenoxy) is 1. The third-order valence-corrected chi connectivity index (χ3v) is 8.67. The second-order valence-corrected chi connectivity index (χ2v) is 11.0. The Kier molecular flexibility index (Phi) is 9.65. The molecule has 210 valence electrons. The molecular weight excluding hydrogens is 484 g/mol. The molecule has 0 radical (unpaired) electrons. The Morgan fingerprint density at radius 2 is 1.82 bits per heavy atom. The van der Waals surface area contributed by atoms with E-state index in [1.54, 1.807) is 31.3 Å². The number of piperidine rings is 1.